The molecule has 0 spiro atoms. The minimum Gasteiger partial charge on any atom is -0.497 e. The van der Waals surface area contributed by atoms with Gasteiger partial charge in [0.1, 0.15) is 23.9 Å². The molecule has 2 aromatic carbocycles. The van der Waals surface area contributed by atoms with Crippen LogP contribution in [0.4, 0.5) is 4.39 Å². The summed E-state index contributed by atoms with van der Waals surface area (Å²) >= 11 is 0. The van der Waals surface area contributed by atoms with E-state index in [2.05, 4.69) is 45.2 Å². The van der Waals surface area contributed by atoms with Crippen molar-refractivity contribution >= 4 is 11.9 Å². The highest BCUT2D eigenvalue weighted by Crippen LogP contribution is 2.29. The maximum absolute atomic E-state index is 14.3. The van der Waals surface area contributed by atoms with Crippen molar-refractivity contribution in [3.8, 4) is 11.5 Å². The van der Waals surface area contributed by atoms with Crippen LogP contribution >= 0.6 is 0 Å². The molecule has 0 radical (unpaired) electrons. The standard InChI is InChI=1S/C31H38FNO5/c1-19(2)12-29(23-14-20(3)13-21(4)15-23)33-31(36)27-17-26(8-6-22(27)7-11-30(34)35)38-18-24-16-25(37-5)9-10-28(24)32/h6,8-10,13-14,16-17,19,23,29H,7,11-12,15,18H2,1-5H3,(H,33,36)(H,34,35). The molecular weight excluding hydrogens is 485 g/mol. The second-order valence-electron chi connectivity index (χ2n) is 10.4. The summed E-state index contributed by atoms with van der Waals surface area (Å²) in [6, 6.07) is 9.35. The Morgan fingerprint density at radius 1 is 1.11 bits per heavy atom. The van der Waals surface area contributed by atoms with Crippen LogP contribution in [0, 0.1) is 17.7 Å². The van der Waals surface area contributed by atoms with Gasteiger partial charge in [-0.25, -0.2) is 4.39 Å². The molecule has 2 aromatic rings. The lowest BCUT2D eigenvalue weighted by molar-refractivity contribution is -0.136. The van der Waals surface area contributed by atoms with Crippen LogP contribution in [0.2, 0.25) is 0 Å². The number of carboxylic acid groups (broad SMARTS) is 1. The zero-order valence-electron chi connectivity index (χ0n) is 22.8. The number of carboxylic acids is 1. The summed E-state index contributed by atoms with van der Waals surface area (Å²) in [6.45, 7) is 8.39. The molecule has 1 amide bonds. The molecule has 2 unspecified atom stereocenters. The molecular formula is C31H38FNO5. The van der Waals surface area contributed by atoms with Gasteiger partial charge in [0.25, 0.3) is 5.91 Å². The zero-order valence-corrected chi connectivity index (χ0v) is 22.8. The van der Waals surface area contributed by atoms with E-state index in [-0.39, 0.29) is 37.3 Å². The third-order valence-corrected chi connectivity index (χ3v) is 6.65. The number of carbonyl (C=O) groups excluding carboxylic acids is 1. The maximum atomic E-state index is 14.3. The van der Waals surface area contributed by atoms with Crippen LogP contribution in [-0.2, 0) is 17.8 Å². The lowest BCUT2D eigenvalue weighted by Gasteiger charge is -2.30. The third-order valence-electron chi connectivity index (χ3n) is 6.65. The van der Waals surface area contributed by atoms with Gasteiger partial charge >= 0.3 is 5.97 Å². The first-order valence-corrected chi connectivity index (χ1v) is 13.0. The Labute approximate surface area is 224 Å². The first-order chi connectivity index (χ1) is 18.0. The third kappa shape index (κ3) is 8.20. The van der Waals surface area contributed by atoms with Crippen molar-refractivity contribution in [2.45, 2.75) is 66.0 Å². The monoisotopic (exact) mass is 523 g/mol. The minimum atomic E-state index is -0.937. The van der Waals surface area contributed by atoms with E-state index in [1.165, 1.54) is 30.4 Å². The van der Waals surface area contributed by atoms with Crippen LogP contribution in [-0.4, -0.2) is 30.1 Å². The van der Waals surface area contributed by atoms with Crippen molar-refractivity contribution in [3.05, 3.63) is 82.2 Å². The largest absolute Gasteiger partial charge is 0.497 e. The predicted octanol–water partition coefficient (Wildman–Crippen LogP) is 6.49. The number of aryl methyl sites for hydroxylation is 1. The van der Waals surface area contributed by atoms with Gasteiger partial charge in [-0.15, -0.1) is 0 Å². The van der Waals surface area contributed by atoms with Crippen molar-refractivity contribution < 1.29 is 28.6 Å². The van der Waals surface area contributed by atoms with Gasteiger partial charge in [0.15, 0.2) is 0 Å². The van der Waals surface area contributed by atoms with E-state index >= 15 is 0 Å². The smallest absolute Gasteiger partial charge is 0.303 e. The molecule has 204 valence electrons. The van der Waals surface area contributed by atoms with Crippen LogP contribution in [0.15, 0.2) is 59.7 Å². The van der Waals surface area contributed by atoms with Crippen LogP contribution in [0.3, 0.4) is 0 Å². The number of ether oxygens (including phenoxy) is 2. The van der Waals surface area contributed by atoms with Crippen molar-refractivity contribution in [1.82, 2.24) is 5.32 Å². The summed E-state index contributed by atoms with van der Waals surface area (Å²) in [6.07, 6.45) is 6.18. The lowest BCUT2D eigenvalue weighted by Crippen LogP contribution is -2.41. The molecule has 0 aromatic heterocycles. The summed E-state index contributed by atoms with van der Waals surface area (Å²) in [5, 5.41) is 12.5. The van der Waals surface area contributed by atoms with Gasteiger partial charge in [0.2, 0.25) is 0 Å². The fourth-order valence-electron chi connectivity index (χ4n) is 4.88. The number of benzene rings is 2. The van der Waals surface area contributed by atoms with Crippen molar-refractivity contribution in [3.63, 3.8) is 0 Å². The van der Waals surface area contributed by atoms with Gasteiger partial charge in [-0.3, -0.25) is 9.59 Å². The molecule has 2 N–H and O–H groups in total. The molecule has 0 fully saturated rings. The Hall–Kier alpha value is -3.61. The summed E-state index contributed by atoms with van der Waals surface area (Å²) < 4.78 is 25.3. The molecule has 3 rings (SSSR count). The highest BCUT2D eigenvalue weighted by Gasteiger charge is 2.26. The number of nitrogens with one attached hydrogen (secondary N) is 1. The Kier molecular flexibility index (Phi) is 10.1. The van der Waals surface area contributed by atoms with Gasteiger partial charge in [0.05, 0.1) is 7.11 Å². The predicted molar refractivity (Wildman–Crippen MR) is 146 cm³/mol. The molecule has 0 saturated heterocycles. The van der Waals surface area contributed by atoms with Gasteiger partial charge < -0.3 is 19.9 Å². The van der Waals surface area contributed by atoms with Crippen molar-refractivity contribution in [2.24, 2.45) is 11.8 Å². The van der Waals surface area contributed by atoms with Crippen LogP contribution in [0.1, 0.15) is 68.4 Å². The fourth-order valence-corrected chi connectivity index (χ4v) is 4.88. The van der Waals surface area contributed by atoms with E-state index in [9.17, 15) is 19.1 Å². The van der Waals surface area contributed by atoms with E-state index in [1.807, 2.05) is 0 Å². The summed E-state index contributed by atoms with van der Waals surface area (Å²) in [5.41, 5.74) is 3.78. The average Bonchev–Trinajstić information content (AvgIpc) is 2.85. The molecule has 1 aliphatic rings. The fraction of sp³-hybridized carbons (Fsp3) is 0.419. The number of carbonyl (C=O) groups is 2. The molecule has 0 bridgehead atoms. The molecule has 38 heavy (non-hydrogen) atoms. The van der Waals surface area contributed by atoms with E-state index in [4.69, 9.17) is 9.47 Å². The van der Waals surface area contributed by atoms with Gasteiger partial charge in [-0.2, -0.15) is 0 Å². The Morgan fingerprint density at radius 2 is 1.84 bits per heavy atom. The second-order valence-corrected chi connectivity index (χ2v) is 10.4. The number of halogens is 1. The SMILES string of the molecule is COc1ccc(F)c(COc2ccc(CCC(=O)O)c(C(=O)NC(CC(C)C)C3C=C(C)C=C(C)C3)c2)c1. The van der Waals surface area contributed by atoms with Crippen LogP contribution < -0.4 is 14.8 Å². The topological polar surface area (TPSA) is 84.9 Å². The second kappa shape index (κ2) is 13.3. The Balaban J connectivity index is 1.86. The number of rotatable bonds is 12. The quantitative estimate of drug-likeness (QED) is 0.332. The van der Waals surface area contributed by atoms with Gasteiger partial charge in [0, 0.05) is 29.5 Å². The molecule has 0 saturated carbocycles. The maximum Gasteiger partial charge on any atom is 0.303 e. The summed E-state index contributed by atoms with van der Waals surface area (Å²) in [7, 11) is 1.51. The number of allylic oxidation sites excluding steroid dienone is 3. The lowest BCUT2D eigenvalue weighted by atomic mass is 9.82. The zero-order chi connectivity index (χ0) is 27.8. The van der Waals surface area contributed by atoms with Gasteiger partial charge in [-0.1, -0.05) is 43.2 Å². The number of hydrogen-bond acceptors (Lipinski definition) is 4. The van der Waals surface area contributed by atoms with E-state index in [1.54, 1.807) is 24.3 Å². The molecule has 2 atom stereocenters. The van der Waals surface area contributed by atoms with Crippen molar-refractivity contribution in [2.75, 3.05) is 7.11 Å². The molecule has 0 heterocycles. The number of aliphatic carboxylic acids is 1. The van der Waals surface area contributed by atoms with E-state index < -0.39 is 11.8 Å². The summed E-state index contributed by atoms with van der Waals surface area (Å²) in [4.78, 5) is 24.9. The molecule has 0 aliphatic heterocycles. The number of methoxy groups -OCH3 is 1. The van der Waals surface area contributed by atoms with E-state index in [0.717, 1.165) is 12.8 Å². The van der Waals surface area contributed by atoms with Crippen LogP contribution in [0.25, 0.3) is 0 Å². The highest BCUT2D eigenvalue weighted by atomic mass is 19.1. The first kappa shape index (κ1) is 29.0. The van der Waals surface area contributed by atoms with Gasteiger partial charge in [-0.05, 0) is 74.9 Å². The van der Waals surface area contributed by atoms with Crippen LogP contribution in [0.5, 0.6) is 11.5 Å². The average molecular weight is 524 g/mol. The summed E-state index contributed by atoms with van der Waals surface area (Å²) in [5.74, 6) is -0.173. The first-order valence-electron chi connectivity index (χ1n) is 13.0. The molecule has 7 heteroatoms. The minimum absolute atomic E-state index is 0.0493. The Bertz CT molecular complexity index is 1220. The number of amides is 1. The normalized spacial score (nSPS) is 15.9. The molecule has 6 nitrogen and oxygen atoms in total. The molecule has 1 aliphatic carbocycles. The highest BCUT2D eigenvalue weighted by molar-refractivity contribution is 5.96. The van der Waals surface area contributed by atoms with Crippen molar-refractivity contribution in [1.29, 1.82) is 0 Å². The number of hydrogen-bond donors (Lipinski definition) is 2. The van der Waals surface area contributed by atoms with E-state index in [0.29, 0.717) is 34.1 Å². The Morgan fingerprint density at radius 3 is 2.50 bits per heavy atom.